The van der Waals surface area contributed by atoms with Crippen LogP contribution in [-0.4, -0.2) is 27.7 Å². The number of hydrogen-bond acceptors (Lipinski definition) is 3. The highest BCUT2D eigenvalue weighted by Gasteiger charge is 2.36. The third kappa shape index (κ3) is 3.36. The standard InChI is InChI=1S/C19H25N3OS/c1-13-7-5-6-8-16(13)22-17-10-19(2,3)9-15(14(17)11-20-22)21-18(23)12-24-4/h5-8,11,15H,9-10,12H2,1-4H3,(H,21,23). The van der Waals surface area contributed by atoms with Crippen molar-refractivity contribution < 1.29 is 4.79 Å². The van der Waals surface area contributed by atoms with Crippen LogP contribution in [0.25, 0.3) is 5.69 Å². The molecule has 1 amide bonds. The largest absolute Gasteiger partial charge is 0.348 e. The van der Waals surface area contributed by atoms with E-state index in [1.54, 1.807) is 11.8 Å². The molecule has 0 bridgehead atoms. The molecule has 1 aliphatic rings. The molecule has 1 aromatic carbocycles. The molecule has 24 heavy (non-hydrogen) atoms. The molecule has 0 saturated heterocycles. The predicted octanol–water partition coefficient (Wildman–Crippen LogP) is 3.67. The quantitative estimate of drug-likeness (QED) is 0.921. The summed E-state index contributed by atoms with van der Waals surface area (Å²) in [6.07, 6.45) is 5.79. The van der Waals surface area contributed by atoms with Gasteiger partial charge in [-0.05, 0) is 43.1 Å². The normalized spacial score (nSPS) is 18.9. The van der Waals surface area contributed by atoms with Gasteiger partial charge in [-0.25, -0.2) is 4.68 Å². The van der Waals surface area contributed by atoms with Gasteiger partial charge >= 0.3 is 0 Å². The second-order valence-corrected chi connectivity index (χ2v) is 8.21. The average molecular weight is 343 g/mol. The zero-order valence-electron chi connectivity index (χ0n) is 14.8. The molecule has 1 heterocycles. The van der Waals surface area contributed by atoms with Crippen molar-refractivity contribution in [1.82, 2.24) is 15.1 Å². The SMILES string of the molecule is CSCC(=O)NC1CC(C)(C)Cc2c1cnn2-c1ccccc1C. The highest BCUT2D eigenvalue weighted by atomic mass is 32.2. The van der Waals surface area contributed by atoms with Crippen LogP contribution in [0.4, 0.5) is 0 Å². The van der Waals surface area contributed by atoms with E-state index in [-0.39, 0.29) is 17.4 Å². The minimum Gasteiger partial charge on any atom is -0.348 e. The van der Waals surface area contributed by atoms with Crippen molar-refractivity contribution in [3.63, 3.8) is 0 Å². The maximum atomic E-state index is 12.1. The van der Waals surface area contributed by atoms with Gasteiger partial charge < -0.3 is 5.32 Å². The number of fused-ring (bicyclic) bond motifs is 1. The number of carbonyl (C=O) groups excluding carboxylic acids is 1. The average Bonchev–Trinajstić information content (AvgIpc) is 2.90. The second-order valence-electron chi connectivity index (χ2n) is 7.34. The summed E-state index contributed by atoms with van der Waals surface area (Å²) in [6.45, 7) is 6.63. The van der Waals surface area contributed by atoms with Gasteiger partial charge in [0.15, 0.2) is 0 Å². The minimum absolute atomic E-state index is 0.0427. The Morgan fingerprint density at radius 2 is 2.17 bits per heavy atom. The van der Waals surface area contributed by atoms with Crippen LogP contribution < -0.4 is 5.32 Å². The number of thioether (sulfide) groups is 1. The van der Waals surface area contributed by atoms with Gasteiger partial charge in [0.1, 0.15) is 0 Å². The molecule has 1 atom stereocenters. The Hall–Kier alpha value is -1.75. The van der Waals surface area contributed by atoms with E-state index in [1.807, 2.05) is 24.6 Å². The van der Waals surface area contributed by atoms with Crippen molar-refractivity contribution in [1.29, 1.82) is 0 Å². The molecule has 3 rings (SSSR count). The fourth-order valence-electron chi connectivity index (χ4n) is 3.55. The summed E-state index contributed by atoms with van der Waals surface area (Å²) in [7, 11) is 0. The Kier molecular flexibility index (Phi) is 4.72. The first-order chi connectivity index (χ1) is 11.4. The Labute approximate surface area is 148 Å². The lowest BCUT2D eigenvalue weighted by atomic mass is 9.74. The van der Waals surface area contributed by atoms with E-state index >= 15 is 0 Å². The summed E-state index contributed by atoms with van der Waals surface area (Å²) in [5.41, 5.74) is 4.83. The third-order valence-electron chi connectivity index (χ3n) is 4.63. The number of rotatable bonds is 4. The first-order valence-electron chi connectivity index (χ1n) is 8.32. The fourth-order valence-corrected chi connectivity index (χ4v) is 3.89. The zero-order valence-corrected chi connectivity index (χ0v) is 15.6. The molecule has 128 valence electrons. The first kappa shape index (κ1) is 17.1. The number of hydrogen-bond donors (Lipinski definition) is 1. The Bertz CT molecular complexity index is 751. The Morgan fingerprint density at radius 1 is 1.42 bits per heavy atom. The van der Waals surface area contributed by atoms with Crippen LogP contribution in [0.1, 0.15) is 43.1 Å². The number of benzene rings is 1. The van der Waals surface area contributed by atoms with E-state index in [2.05, 4.69) is 48.0 Å². The molecular formula is C19H25N3OS. The van der Waals surface area contributed by atoms with Crippen molar-refractivity contribution in [2.45, 2.75) is 39.7 Å². The number of carbonyl (C=O) groups is 1. The van der Waals surface area contributed by atoms with E-state index in [4.69, 9.17) is 0 Å². The molecule has 0 saturated carbocycles. The van der Waals surface area contributed by atoms with Gasteiger partial charge in [-0.3, -0.25) is 4.79 Å². The number of nitrogens with one attached hydrogen (secondary N) is 1. The van der Waals surface area contributed by atoms with Gasteiger partial charge in [0.05, 0.1) is 29.4 Å². The van der Waals surface area contributed by atoms with Gasteiger partial charge in [-0.1, -0.05) is 32.0 Å². The van der Waals surface area contributed by atoms with Crippen molar-refractivity contribution >= 4 is 17.7 Å². The molecule has 1 N–H and O–H groups in total. The number of aryl methyl sites for hydroxylation is 1. The Balaban J connectivity index is 2.00. The number of amides is 1. The molecule has 0 fully saturated rings. The molecule has 1 unspecified atom stereocenters. The molecule has 0 radical (unpaired) electrons. The number of nitrogens with zero attached hydrogens (tertiary/aromatic N) is 2. The van der Waals surface area contributed by atoms with Gasteiger partial charge in [0.25, 0.3) is 0 Å². The summed E-state index contributed by atoms with van der Waals surface area (Å²) in [6, 6.07) is 8.34. The van der Waals surface area contributed by atoms with E-state index in [0.29, 0.717) is 5.75 Å². The Morgan fingerprint density at radius 3 is 2.88 bits per heavy atom. The van der Waals surface area contributed by atoms with E-state index < -0.39 is 0 Å². The van der Waals surface area contributed by atoms with Crippen LogP contribution in [-0.2, 0) is 11.2 Å². The van der Waals surface area contributed by atoms with Crippen LogP contribution in [0.2, 0.25) is 0 Å². The van der Waals surface area contributed by atoms with Gasteiger partial charge in [0, 0.05) is 5.56 Å². The van der Waals surface area contributed by atoms with Crippen LogP contribution in [0.15, 0.2) is 30.5 Å². The van der Waals surface area contributed by atoms with Crippen molar-refractivity contribution in [2.75, 3.05) is 12.0 Å². The van der Waals surface area contributed by atoms with E-state index in [0.717, 1.165) is 24.1 Å². The molecule has 5 heteroatoms. The summed E-state index contributed by atoms with van der Waals surface area (Å²) in [5, 5.41) is 7.86. The molecule has 4 nitrogen and oxygen atoms in total. The van der Waals surface area contributed by atoms with Crippen molar-refractivity contribution in [3.05, 3.63) is 47.3 Å². The topological polar surface area (TPSA) is 46.9 Å². The lowest BCUT2D eigenvalue weighted by Crippen LogP contribution is -2.37. The molecule has 1 aliphatic carbocycles. The fraction of sp³-hybridized carbons (Fsp3) is 0.474. The maximum Gasteiger partial charge on any atom is 0.230 e. The molecular weight excluding hydrogens is 318 g/mol. The monoisotopic (exact) mass is 343 g/mol. The van der Waals surface area contributed by atoms with Gasteiger partial charge in [-0.15, -0.1) is 0 Å². The lowest BCUT2D eigenvalue weighted by molar-refractivity contribution is -0.119. The number of para-hydroxylation sites is 1. The predicted molar refractivity (Wildman–Crippen MR) is 99.7 cm³/mol. The lowest BCUT2D eigenvalue weighted by Gasteiger charge is -2.36. The highest BCUT2D eigenvalue weighted by molar-refractivity contribution is 7.99. The summed E-state index contributed by atoms with van der Waals surface area (Å²) >= 11 is 1.55. The first-order valence-corrected chi connectivity index (χ1v) is 9.72. The van der Waals surface area contributed by atoms with E-state index in [1.165, 1.54) is 11.3 Å². The van der Waals surface area contributed by atoms with Gasteiger partial charge in [-0.2, -0.15) is 16.9 Å². The zero-order chi connectivity index (χ0) is 17.3. The van der Waals surface area contributed by atoms with Crippen LogP contribution in [0, 0.1) is 12.3 Å². The van der Waals surface area contributed by atoms with Crippen molar-refractivity contribution in [3.8, 4) is 5.69 Å². The second kappa shape index (κ2) is 6.63. The third-order valence-corrected chi connectivity index (χ3v) is 5.18. The van der Waals surface area contributed by atoms with Crippen LogP contribution >= 0.6 is 11.8 Å². The maximum absolute atomic E-state index is 12.1. The highest BCUT2D eigenvalue weighted by Crippen LogP contribution is 2.41. The van der Waals surface area contributed by atoms with Gasteiger partial charge in [0.2, 0.25) is 5.91 Å². The molecule has 0 aliphatic heterocycles. The summed E-state index contributed by atoms with van der Waals surface area (Å²) in [4.78, 5) is 12.1. The minimum atomic E-state index is 0.0427. The van der Waals surface area contributed by atoms with E-state index in [9.17, 15) is 4.79 Å². The molecule has 1 aromatic heterocycles. The summed E-state index contributed by atoms with van der Waals surface area (Å²) in [5.74, 6) is 0.595. The molecule has 0 spiro atoms. The molecule has 2 aromatic rings. The smallest absolute Gasteiger partial charge is 0.230 e. The number of aromatic nitrogens is 2. The van der Waals surface area contributed by atoms with Crippen LogP contribution in [0.5, 0.6) is 0 Å². The summed E-state index contributed by atoms with van der Waals surface area (Å²) < 4.78 is 2.05. The van der Waals surface area contributed by atoms with Crippen LogP contribution in [0.3, 0.4) is 0 Å². The van der Waals surface area contributed by atoms with Crippen molar-refractivity contribution in [2.24, 2.45) is 5.41 Å².